The largest absolute Gasteiger partial charge is 0.481 e. The highest BCUT2D eigenvalue weighted by molar-refractivity contribution is 6.39. The lowest BCUT2D eigenvalue weighted by Gasteiger charge is -2.19. The molecule has 1 fully saturated rings. The van der Waals surface area contributed by atoms with E-state index < -0.39 is 11.6 Å². The fraction of sp³-hybridized carbons (Fsp3) is 0.714. The normalized spacial score (nSPS) is 28.1. The van der Waals surface area contributed by atoms with Gasteiger partial charge in [0.1, 0.15) is 5.71 Å². The first-order valence-electron chi connectivity index (χ1n) is 8.07. The van der Waals surface area contributed by atoms with Crippen molar-refractivity contribution in [2.75, 3.05) is 32.7 Å². The molecule has 0 aromatic rings. The molecule has 0 aromatic carbocycles. The van der Waals surface area contributed by atoms with Crippen molar-refractivity contribution in [2.45, 2.75) is 30.9 Å². The molecular weight excluding hydrogens is 316 g/mol. The van der Waals surface area contributed by atoms with E-state index in [1.54, 1.807) is 0 Å². The molecule has 1 saturated heterocycles. The molecule has 0 aliphatic carbocycles. The van der Waals surface area contributed by atoms with Crippen LogP contribution >= 0.6 is 0 Å². The average molecular weight is 338 g/mol. The van der Waals surface area contributed by atoms with E-state index in [4.69, 9.17) is 9.94 Å². The number of aliphatic imine (C=N–C) groups is 1. The zero-order valence-electron chi connectivity index (χ0n) is 13.3. The number of hydrogen-bond donors (Lipinski definition) is 5. The quantitative estimate of drug-likeness (QED) is 0.378. The number of nitrogens with zero attached hydrogens (tertiary/aromatic N) is 2. The molecule has 3 aliphatic rings. The van der Waals surface area contributed by atoms with E-state index in [9.17, 15) is 9.59 Å². The van der Waals surface area contributed by atoms with Crippen molar-refractivity contribution in [2.24, 2.45) is 10.1 Å². The number of carbonyl (C=O) groups is 2. The summed E-state index contributed by atoms with van der Waals surface area (Å²) < 4.78 is 0. The Morgan fingerprint density at radius 2 is 2.33 bits per heavy atom. The first-order valence-corrected chi connectivity index (χ1v) is 8.07. The van der Waals surface area contributed by atoms with Crippen molar-refractivity contribution < 1.29 is 19.5 Å². The Hall–Kier alpha value is -2.36. The molecule has 132 valence electrons. The summed E-state index contributed by atoms with van der Waals surface area (Å²) in [4.78, 5) is 32.3. The Morgan fingerprint density at radius 1 is 1.46 bits per heavy atom. The predicted molar refractivity (Wildman–Crippen MR) is 85.8 cm³/mol. The van der Waals surface area contributed by atoms with E-state index in [0.29, 0.717) is 18.7 Å². The van der Waals surface area contributed by atoms with E-state index >= 15 is 0 Å². The zero-order valence-corrected chi connectivity index (χ0v) is 13.3. The van der Waals surface area contributed by atoms with Gasteiger partial charge < -0.3 is 31.2 Å². The van der Waals surface area contributed by atoms with Crippen LogP contribution in [0.1, 0.15) is 19.3 Å². The number of hydrogen-bond acceptors (Lipinski definition) is 8. The second-order valence-corrected chi connectivity index (χ2v) is 6.21. The second kappa shape index (κ2) is 7.04. The fourth-order valence-electron chi connectivity index (χ4n) is 3.04. The van der Waals surface area contributed by atoms with E-state index in [2.05, 4.69) is 31.4 Å². The van der Waals surface area contributed by atoms with Crippen molar-refractivity contribution in [3.05, 3.63) is 0 Å². The number of amides is 1. The molecule has 3 aliphatic heterocycles. The Labute approximate surface area is 139 Å². The molecule has 5 N–H and O–H groups in total. The fourth-order valence-corrected chi connectivity index (χ4v) is 3.04. The number of carboxylic acid groups (broad SMARTS) is 1. The smallest absolute Gasteiger partial charge is 0.305 e. The molecule has 10 nitrogen and oxygen atoms in total. The SMILES string of the molecule is O=C(O)CCNC(=O)C1=NOC2(CNC(CNC3=NCCN3)C2)C1. The van der Waals surface area contributed by atoms with Crippen LogP contribution in [0, 0.1) is 0 Å². The summed E-state index contributed by atoms with van der Waals surface area (Å²) in [5, 5.41) is 24.8. The van der Waals surface area contributed by atoms with Gasteiger partial charge >= 0.3 is 5.97 Å². The monoisotopic (exact) mass is 338 g/mol. The number of rotatable bonds is 6. The van der Waals surface area contributed by atoms with Gasteiger partial charge in [0.05, 0.1) is 13.0 Å². The number of carboxylic acids is 1. The van der Waals surface area contributed by atoms with Crippen LogP contribution < -0.4 is 21.3 Å². The van der Waals surface area contributed by atoms with Gasteiger partial charge in [-0.15, -0.1) is 0 Å². The molecule has 24 heavy (non-hydrogen) atoms. The van der Waals surface area contributed by atoms with E-state index in [-0.39, 0.29) is 24.9 Å². The molecule has 1 amide bonds. The van der Waals surface area contributed by atoms with Crippen molar-refractivity contribution >= 4 is 23.5 Å². The lowest BCUT2D eigenvalue weighted by molar-refractivity contribution is -0.136. The molecule has 3 rings (SSSR count). The Kier molecular flexibility index (Phi) is 4.84. The molecule has 0 aromatic heterocycles. The summed E-state index contributed by atoms with van der Waals surface area (Å²) in [7, 11) is 0. The van der Waals surface area contributed by atoms with Crippen molar-refractivity contribution in [1.29, 1.82) is 0 Å². The summed E-state index contributed by atoms with van der Waals surface area (Å²) in [5.74, 6) is -0.493. The molecule has 10 heteroatoms. The summed E-state index contributed by atoms with van der Waals surface area (Å²) >= 11 is 0. The Balaban J connectivity index is 1.42. The number of guanidine groups is 1. The van der Waals surface area contributed by atoms with Crippen LogP contribution in [-0.2, 0) is 14.4 Å². The van der Waals surface area contributed by atoms with Gasteiger partial charge in [0.2, 0.25) is 0 Å². The van der Waals surface area contributed by atoms with Gasteiger partial charge in [-0.3, -0.25) is 14.6 Å². The van der Waals surface area contributed by atoms with Crippen LogP contribution in [0.25, 0.3) is 0 Å². The van der Waals surface area contributed by atoms with Gasteiger partial charge in [-0.25, -0.2) is 0 Å². The lowest BCUT2D eigenvalue weighted by Crippen LogP contribution is -2.41. The molecule has 0 saturated carbocycles. The molecule has 0 radical (unpaired) electrons. The molecular formula is C14H22N6O4. The Bertz CT molecular complexity index is 578. The van der Waals surface area contributed by atoms with Crippen LogP contribution in [0.2, 0.25) is 0 Å². The van der Waals surface area contributed by atoms with Crippen LogP contribution in [0.3, 0.4) is 0 Å². The topological polar surface area (TPSA) is 136 Å². The highest BCUT2D eigenvalue weighted by Crippen LogP contribution is 2.32. The van der Waals surface area contributed by atoms with E-state index in [1.165, 1.54) is 0 Å². The summed E-state index contributed by atoms with van der Waals surface area (Å²) in [6.45, 7) is 3.08. The zero-order chi connectivity index (χ0) is 17.0. The van der Waals surface area contributed by atoms with E-state index in [1.807, 2.05) is 0 Å². The standard InChI is InChI=1S/C14H22N6O4/c21-11(22)1-2-15-12(23)10-6-14(24-20-10)5-9(19-8-14)7-18-13-16-3-4-17-13/h9,19H,1-8H2,(H,15,23)(H,21,22)(H2,16,17,18). The third-order valence-corrected chi connectivity index (χ3v) is 4.25. The van der Waals surface area contributed by atoms with Crippen molar-refractivity contribution in [1.82, 2.24) is 21.3 Å². The van der Waals surface area contributed by atoms with Crippen molar-refractivity contribution in [3.63, 3.8) is 0 Å². The van der Waals surface area contributed by atoms with Gasteiger partial charge in [0, 0.05) is 45.1 Å². The van der Waals surface area contributed by atoms with Crippen molar-refractivity contribution in [3.8, 4) is 0 Å². The molecule has 3 heterocycles. The van der Waals surface area contributed by atoms with Gasteiger partial charge in [0.25, 0.3) is 5.91 Å². The first-order chi connectivity index (χ1) is 11.6. The minimum absolute atomic E-state index is 0.0834. The van der Waals surface area contributed by atoms with Crippen LogP contribution in [0.5, 0.6) is 0 Å². The maximum atomic E-state index is 12.0. The third kappa shape index (κ3) is 3.94. The molecule has 2 atom stereocenters. The maximum Gasteiger partial charge on any atom is 0.305 e. The van der Waals surface area contributed by atoms with Crippen LogP contribution in [0.15, 0.2) is 10.1 Å². The van der Waals surface area contributed by atoms with Gasteiger partial charge in [0.15, 0.2) is 11.6 Å². The Morgan fingerprint density at radius 3 is 3.08 bits per heavy atom. The highest BCUT2D eigenvalue weighted by atomic mass is 16.7. The van der Waals surface area contributed by atoms with Gasteiger partial charge in [-0.05, 0) is 0 Å². The van der Waals surface area contributed by atoms with Gasteiger partial charge in [-0.2, -0.15) is 0 Å². The van der Waals surface area contributed by atoms with Crippen LogP contribution in [-0.4, -0.2) is 73.0 Å². The first kappa shape index (κ1) is 16.5. The maximum absolute atomic E-state index is 12.0. The second-order valence-electron chi connectivity index (χ2n) is 6.21. The predicted octanol–water partition coefficient (Wildman–Crippen LogP) is -2.00. The van der Waals surface area contributed by atoms with Gasteiger partial charge in [-0.1, -0.05) is 5.16 Å². The highest BCUT2D eigenvalue weighted by Gasteiger charge is 2.47. The average Bonchev–Trinajstić information content (AvgIpc) is 3.27. The van der Waals surface area contributed by atoms with Crippen LogP contribution in [0.4, 0.5) is 0 Å². The minimum Gasteiger partial charge on any atom is -0.481 e. The molecule has 0 bridgehead atoms. The van der Waals surface area contributed by atoms with E-state index in [0.717, 1.165) is 32.0 Å². The third-order valence-electron chi connectivity index (χ3n) is 4.25. The summed E-state index contributed by atoms with van der Waals surface area (Å²) in [6.07, 6.45) is 1.05. The number of nitrogens with one attached hydrogen (secondary N) is 4. The summed E-state index contributed by atoms with van der Waals surface area (Å²) in [5.41, 5.74) is -0.172. The molecule has 2 unspecified atom stereocenters. The summed E-state index contributed by atoms with van der Waals surface area (Å²) in [6, 6.07) is 0.208. The lowest BCUT2D eigenvalue weighted by atomic mass is 9.94. The molecule has 1 spiro atoms. The minimum atomic E-state index is -0.951. The number of aliphatic carboxylic acids is 1. The number of carbonyl (C=O) groups excluding carboxylic acids is 1. The number of oxime groups is 1.